The number of imidazole rings is 1. The van der Waals surface area contributed by atoms with Crippen molar-refractivity contribution in [3.8, 4) is 17.0 Å². The molecule has 0 bridgehead atoms. The van der Waals surface area contributed by atoms with Gasteiger partial charge in [-0.2, -0.15) is 0 Å². The average Bonchev–Trinajstić information content (AvgIpc) is 2.98. The van der Waals surface area contributed by atoms with Crippen molar-refractivity contribution < 1.29 is 9.84 Å². The molecule has 1 saturated carbocycles. The number of H-pyrrole nitrogens is 1. The molecule has 0 unspecified atom stereocenters. The Kier molecular flexibility index (Phi) is 4.46. The van der Waals surface area contributed by atoms with Crippen LogP contribution < -0.4 is 5.69 Å². The number of benzene rings is 1. The maximum Gasteiger partial charge on any atom is 0.329 e. The number of phenols is 1. The standard InChI is InChI=1S/C19H22N4O3/c1-26-11-12-2-6-14(7-3-12)23-18-17(22-19(23)25)20-10-16(21-18)13-4-8-15(24)9-5-13/h4-5,8-10,12,14,24H,2-3,6-7,11H2,1H3,(H,20,22,25). The molecule has 1 aliphatic rings. The number of phenolic OH excluding ortho intramolecular Hbond substituents is 1. The summed E-state index contributed by atoms with van der Waals surface area (Å²) >= 11 is 0. The highest BCUT2D eigenvalue weighted by atomic mass is 16.5. The van der Waals surface area contributed by atoms with E-state index in [1.165, 1.54) is 0 Å². The first-order chi connectivity index (χ1) is 12.7. The van der Waals surface area contributed by atoms with E-state index in [1.807, 2.05) is 0 Å². The zero-order valence-electron chi connectivity index (χ0n) is 14.7. The van der Waals surface area contributed by atoms with E-state index in [9.17, 15) is 9.90 Å². The van der Waals surface area contributed by atoms with Crippen LogP contribution in [0.1, 0.15) is 31.7 Å². The smallest absolute Gasteiger partial charge is 0.329 e. The molecule has 0 aliphatic heterocycles. The van der Waals surface area contributed by atoms with Crippen LogP contribution in [0.3, 0.4) is 0 Å². The fourth-order valence-corrected chi connectivity index (χ4v) is 3.81. The minimum absolute atomic E-state index is 0.133. The molecule has 0 atom stereocenters. The number of nitrogens with zero attached hydrogens (tertiary/aromatic N) is 3. The van der Waals surface area contributed by atoms with Gasteiger partial charge in [0.25, 0.3) is 0 Å². The van der Waals surface area contributed by atoms with E-state index in [1.54, 1.807) is 42.1 Å². The summed E-state index contributed by atoms with van der Waals surface area (Å²) in [7, 11) is 1.73. The summed E-state index contributed by atoms with van der Waals surface area (Å²) in [4.78, 5) is 24.4. The van der Waals surface area contributed by atoms with Crippen LogP contribution in [0, 0.1) is 5.92 Å². The molecule has 136 valence electrons. The third-order valence-electron chi connectivity index (χ3n) is 5.17. The summed E-state index contributed by atoms with van der Waals surface area (Å²) in [6, 6.07) is 6.94. The zero-order valence-corrected chi connectivity index (χ0v) is 14.7. The first-order valence-electron chi connectivity index (χ1n) is 8.91. The molecule has 1 aliphatic carbocycles. The largest absolute Gasteiger partial charge is 0.508 e. The Morgan fingerprint density at radius 2 is 1.96 bits per heavy atom. The van der Waals surface area contributed by atoms with E-state index in [0.29, 0.717) is 22.9 Å². The van der Waals surface area contributed by atoms with Gasteiger partial charge in [0.2, 0.25) is 0 Å². The molecule has 26 heavy (non-hydrogen) atoms. The van der Waals surface area contributed by atoms with Gasteiger partial charge < -0.3 is 9.84 Å². The van der Waals surface area contributed by atoms with Gasteiger partial charge in [-0.05, 0) is 55.9 Å². The molecule has 0 radical (unpaired) electrons. The number of hydrogen-bond acceptors (Lipinski definition) is 5. The van der Waals surface area contributed by atoms with Crippen LogP contribution in [-0.2, 0) is 4.74 Å². The first-order valence-corrected chi connectivity index (χ1v) is 8.91. The van der Waals surface area contributed by atoms with Gasteiger partial charge in [0.05, 0.1) is 11.9 Å². The molecule has 0 amide bonds. The van der Waals surface area contributed by atoms with Gasteiger partial charge in [-0.1, -0.05) is 0 Å². The third-order valence-corrected chi connectivity index (χ3v) is 5.17. The SMILES string of the molecule is COCC1CCC(n2c(=O)[nH]c3ncc(-c4ccc(O)cc4)nc32)CC1. The van der Waals surface area contributed by atoms with Gasteiger partial charge in [-0.15, -0.1) is 0 Å². The highest BCUT2D eigenvalue weighted by Gasteiger charge is 2.25. The Morgan fingerprint density at radius 3 is 2.65 bits per heavy atom. The van der Waals surface area contributed by atoms with Crippen LogP contribution in [-0.4, -0.2) is 38.3 Å². The minimum Gasteiger partial charge on any atom is -0.508 e. The quantitative estimate of drug-likeness (QED) is 0.751. The fourth-order valence-electron chi connectivity index (χ4n) is 3.81. The van der Waals surface area contributed by atoms with Crippen LogP contribution in [0.2, 0.25) is 0 Å². The van der Waals surface area contributed by atoms with Crippen molar-refractivity contribution >= 4 is 11.3 Å². The van der Waals surface area contributed by atoms with Gasteiger partial charge >= 0.3 is 5.69 Å². The highest BCUT2D eigenvalue weighted by molar-refractivity contribution is 5.71. The maximum absolute atomic E-state index is 12.5. The predicted molar refractivity (Wildman–Crippen MR) is 98.1 cm³/mol. The van der Waals surface area contributed by atoms with Gasteiger partial charge in [0, 0.05) is 25.3 Å². The summed E-state index contributed by atoms with van der Waals surface area (Å²) in [5, 5.41) is 9.46. The van der Waals surface area contributed by atoms with E-state index in [2.05, 4.69) is 15.0 Å². The van der Waals surface area contributed by atoms with Crippen LogP contribution in [0.15, 0.2) is 35.3 Å². The normalized spacial score (nSPS) is 20.5. The van der Waals surface area contributed by atoms with Crippen molar-refractivity contribution in [2.24, 2.45) is 5.92 Å². The molecule has 2 aromatic heterocycles. The second-order valence-electron chi connectivity index (χ2n) is 6.90. The predicted octanol–water partition coefficient (Wildman–Crippen LogP) is 2.87. The van der Waals surface area contributed by atoms with Crippen molar-refractivity contribution in [3.63, 3.8) is 0 Å². The Labute approximate surface area is 150 Å². The molecule has 0 spiro atoms. The number of methoxy groups -OCH3 is 1. The molecule has 2 heterocycles. The van der Waals surface area contributed by atoms with E-state index in [0.717, 1.165) is 37.9 Å². The van der Waals surface area contributed by atoms with Crippen molar-refractivity contribution in [2.45, 2.75) is 31.7 Å². The van der Waals surface area contributed by atoms with Crippen LogP contribution in [0.5, 0.6) is 5.75 Å². The van der Waals surface area contributed by atoms with Crippen LogP contribution in [0.25, 0.3) is 22.6 Å². The van der Waals surface area contributed by atoms with E-state index in [4.69, 9.17) is 4.74 Å². The highest BCUT2D eigenvalue weighted by Crippen LogP contribution is 2.33. The van der Waals surface area contributed by atoms with Crippen LogP contribution in [0.4, 0.5) is 0 Å². The van der Waals surface area contributed by atoms with Crippen LogP contribution >= 0.6 is 0 Å². The lowest BCUT2D eigenvalue weighted by molar-refractivity contribution is 0.120. The second kappa shape index (κ2) is 6.92. The Morgan fingerprint density at radius 1 is 1.23 bits per heavy atom. The summed E-state index contributed by atoms with van der Waals surface area (Å²) < 4.78 is 7.02. The number of hydrogen-bond donors (Lipinski definition) is 2. The number of rotatable bonds is 4. The lowest BCUT2D eigenvalue weighted by Crippen LogP contribution is -2.27. The van der Waals surface area contributed by atoms with E-state index < -0.39 is 0 Å². The minimum atomic E-state index is -0.155. The number of nitrogens with one attached hydrogen (secondary N) is 1. The molecule has 0 saturated heterocycles. The average molecular weight is 354 g/mol. The number of aromatic hydroxyl groups is 1. The van der Waals surface area contributed by atoms with Gasteiger partial charge in [0.15, 0.2) is 11.3 Å². The van der Waals surface area contributed by atoms with E-state index >= 15 is 0 Å². The van der Waals surface area contributed by atoms with Crippen molar-refractivity contribution in [2.75, 3.05) is 13.7 Å². The molecule has 7 nitrogen and oxygen atoms in total. The van der Waals surface area contributed by atoms with Gasteiger partial charge in [0.1, 0.15) is 5.75 Å². The van der Waals surface area contributed by atoms with Gasteiger partial charge in [-0.3, -0.25) is 9.55 Å². The maximum atomic E-state index is 12.5. The van der Waals surface area contributed by atoms with Crippen molar-refractivity contribution in [3.05, 3.63) is 40.9 Å². The first kappa shape index (κ1) is 16.8. The lowest BCUT2D eigenvalue weighted by Gasteiger charge is -2.28. The molecular weight excluding hydrogens is 332 g/mol. The number of aromatic nitrogens is 4. The number of fused-ring (bicyclic) bond motifs is 1. The number of aromatic amines is 1. The van der Waals surface area contributed by atoms with Crippen molar-refractivity contribution in [1.29, 1.82) is 0 Å². The lowest BCUT2D eigenvalue weighted by atomic mass is 9.86. The topological polar surface area (TPSA) is 93.0 Å². The summed E-state index contributed by atoms with van der Waals surface area (Å²) in [6.07, 6.45) is 5.61. The zero-order chi connectivity index (χ0) is 18.1. The van der Waals surface area contributed by atoms with Gasteiger partial charge in [-0.25, -0.2) is 14.8 Å². The molecule has 4 rings (SSSR count). The number of ether oxygens (including phenoxy) is 1. The summed E-state index contributed by atoms with van der Waals surface area (Å²) in [5.41, 5.74) is 2.48. The van der Waals surface area contributed by atoms with E-state index in [-0.39, 0.29) is 17.5 Å². The summed E-state index contributed by atoms with van der Waals surface area (Å²) in [6.45, 7) is 0.778. The van der Waals surface area contributed by atoms with Crippen molar-refractivity contribution in [1.82, 2.24) is 19.5 Å². The molecule has 3 aromatic rings. The second-order valence-corrected chi connectivity index (χ2v) is 6.90. The molecule has 7 heteroatoms. The Balaban J connectivity index is 1.69. The molecule has 1 aromatic carbocycles. The Hall–Kier alpha value is -2.67. The Bertz CT molecular complexity index is 953. The molecule has 1 fully saturated rings. The molecule has 2 N–H and O–H groups in total. The fraction of sp³-hybridized carbons (Fsp3) is 0.421. The molecular formula is C19H22N4O3. The monoisotopic (exact) mass is 354 g/mol. The third kappa shape index (κ3) is 3.10. The summed E-state index contributed by atoms with van der Waals surface area (Å²) in [5.74, 6) is 0.768.